The van der Waals surface area contributed by atoms with Crippen molar-refractivity contribution in [2.24, 2.45) is 5.92 Å². The Morgan fingerprint density at radius 1 is 1.22 bits per heavy atom. The fraction of sp³-hybridized carbons (Fsp3) is 0.682. The van der Waals surface area contributed by atoms with Gasteiger partial charge in [-0.25, -0.2) is 4.98 Å². The van der Waals surface area contributed by atoms with Gasteiger partial charge in [-0.1, -0.05) is 40.0 Å². The Hall–Kier alpha value is -0.913. The summed E-state index contributed by atoms with van der Waals surface area (Å²) in [7, 11) is -1.80. The summed E-state index contributed by atoms with van der Waals surface area (Å²) in [6.45, 7) is 11.9. The first-order valence-corrected chi connectivity index (χ1v) is 14.4. The standard InChI is InChI=1S/C22H34N2OSSi/c1-22(2,3)27(4,5)25-21(16-9-7-6-8-10-16)11-19-17-13-26-14-18(17)20-12-23-15-24(19)20/h12-16,19,21H,6-11H2,1-5H3. The van der Waals surface area contributed by atoms with E-state index in [-0.39, 0.29) is 5.04 Å². The third-order valence-corrected chi connectivity index (χ3v) is 12.5. The van der Waals surface area contributed by atoms with Crippen molar-refractivity contribution in [2.45, 2.75) is 89.6 Å². The van der Waals surface area contributed by atoms with Crippen molar-refractivity contribution in [1.82, 2.24) is 9.55 Å². The number of imidazole rings is 1. The number of hydrogen-bond donors (Lipinski definition) is 0. The summed E-state index contributed by atoms with van der Waals surface area (Å²) >= 11 is 1.82. The number of thiophene rings is 1. The second-order valence-electron chi connectivity index (χ2n) is 9.99. The highest BCUT2D eigenvalue weighted by Gasteiger charge is 2.42. The number of rotatable bonds is 5. The molecule has 2 aromatic rings. The molecule has 5 heteroatoms. The summed E-state index contributed by atoms with van der Waals surface area (Å²) < 4.78 is 9.49. The van der Waals surface area contributed by atoms with Crippen molar-refractivity contribution in [3.63, 3.8) is 0 Å². The Labute approximate surface area is 169 Å². The van der Waals surface area contributed by atoms with Gasteiger partial charge >= 0.3 is 0 Å². The molecule has 1 aliphatic carbocycles. The summed E-state index contributed by atoms with van der Waals surface area (Å²) in [6.07, 6.45) is 12.3. The number of hydrogen-bond acceptors (Lipinski definition) is 3. The lowest BCUT2D eigenvalue weighted by Crippen LogP contribution is -2.46. The van der Waals surface area contributed by atoms with Crippen LogP contribution in [0.4, 0.5) is 0 Å². The van der Waals surface area contributed by atoms with E-state index in [1.807, 2.05) is 23.9 Å². The lowest BCUT2D eigenvalue weighted by Gasteiger charge is -2.43. The van der Waals surface area contributed by atoms with E-state index in [1.54, 1.807) is 0 Å². The van der Waals surface area contributed by atoms with E-state index < -0.39 is 8.32 Å². The SMILES string of the molecule is CC(C)(C)[Si](C)(C)OC(CC1c2cscc2-c2cncn21)C1CCCCC1. The molecular weight excluding hydrogens is 368 g/mol. The zero-order chi connectivity index (χ0) is 19.2. The summed E-state index contributed by atoms with van der Waals surface area (Å²) in [5, 5.41) is 4.88. The molecule has 3 heterocycles. The number of aromatic nitrogens is 2. The maximum absolute atomic E-state index is 7.10. The van der Waals surface area contributed by atoms with Crippen molar-refractivity contribution in [1.29, 1.82) is 0 Å². The van der Waals surface area contributed by atoms with Gasteiger partial charge < -0.3 is 8.99 Å². The first-order chi connectivity index (χ1) is 12.8. The first-order valence-electron chi connectivity index (χ1n) is 10.5. The summed E-state index contributed by atoms with van der Waals surface area (Å²) in [6, 6.07) is 0.389. The van der Waals surface area contributed by atoms with Gasteiger partial charge in [0.2, 0.25) is 0 Å². The molecule has 2 atom stereocenters. The van der Waals surface area contributed by atoms with Crippen LogP contribution in [-0.2, 0) is 4.43 Å². The maximum Gasteiger partial charge on any atom is 0.192 e. The van der Waals surface area contributed by atoms with Gasteiger partial charge in [-0.2, -0.15) is 11.3 Å². The largest absolute Gasteiger partial charge is 0.414 e. The zero-order valence-corrected chi connectivity index (χ0v) is 19.3. The van der Waals surface area contributed by atoms with Gasteiger partial charge in [-0.05, 0) is 54.3 Å². The summed E-state index contributed by atoms with van der Waals surface area (Å²) in [5.41, 5.74) is 4.15. The van der Waals surface area contributed by atoms with Crippen LogP contribution < -0.4 is 0 Å². The van der Waals surface area contributed by atoms with Gasteiger partial charge in [0.15, 0.2) is 8.32 Å². The van der Waals surface area contributed by atoms with E-state index in [4.69, 9.17) is 4.43 Å². The molecule has 0 N–H and O–H groups in total. The van der Waals surface area contributed by atoms with E-state index in [0.29, 0.717) is 18.1 Å². The normalized spacial score (nSPS) is 21.9. The Morgan fingerprint density at radius 2 is 1.96 bits per heavy atom. The Kier molecular flexibility index (Phi) is 5.15. The van der Waals surface area contributed by atoms with Crippen LogP contribution in [0.1, 0.15) is 70.9 Å². The highest BCUT2D eigenvalue weighted by Crippen LogP contribution is 2.47. The molecule has 1 fully saturated rings. The van der Waals surface area contributed by atoms with Gasteiger partial charge in [0.1, 0.15) is 0 Å². The molecule has 0 amide bonds. The second-order valence-corrected chi connectivity index (χ2v) is 15.5. The van der Waals surface area contributed by atoms with Gasteiger partial charge in [0.05, 0.1) is 30.4 Å². The third kappa shape index (κ3) is 3.58. The molecule has 1 aliphatic heterocycles. The molecule has 2 unspecified atom stereocenters. The van der Waals surface area contributed by atoms with Crippen molar-refractivity contribution >= 4 is 19.7 Å². The average Bonchev–Trinajstić information content (AvgIpc) is 3.30. The minimum atomic E-state index is -1.80. The van der Waals surface area contributed by atoms with Gasteiger partial charge in [-0.15, -0.1) is 0 Å². The second kappa shape index (κ2) is 7.16. The van der Waals surface area contributed by atoms with Crippen LogP contribution in [0, 0.1) is 5.92 Å². The minimum absolute atomic E-state index is 0.253. The summed E-state index contributed by atoms with van der Waals surface area (Å²) in [4.78, 5) is 4.44. The zero-order valence-electron chi connectivity index (χ0n) is 17.5. The molecular formula is C22H34N2OSSi. The van der Waals surface area contributed by atoms with Crippen LogP contribution in [0.25, 0.3) is 11.3 Å². The van der Waals surface area contributed by atoms with E-state index in [1.165, 1.54) is 48.9 Å². The molecule has 27 heavy (non-hydrogen) atoms. The lowest BCUT2D eigenvalue weighted by molar-refractivity contribution is 0.0776. The van der Waals surface area contributed by atoms with Crippen molar-refractivity contribution in [3.05, 3.63) is 28.8 Å². The molecule has 0 bridgehead atoms. The van der Waals surface area contributed by atoms with Crippen LogP contribution in [0.3, 0.4) is 0 Å². The highest BCUT2D eigenvalue weighted by molar-refractivity contribution is 7.08. The van der Waals surface area contributed by atoms with E-state index >= 15 is 0 Å². The van der Waals surface area contributed by atoms with E-state index in [9.17, 15) is 0 Å². The van der Waals surface area contributed by atoms with Gasteiger partial charge in [0, 0.05) is 10.9 Å². The Bertz CT molecular complexity index is 742. The third-order valence-electron chi connectivity index (χ3n) is 7.21. The van der Waals surface area contributed by atoms with Gasteiger partial charge in [0.25, 0.3) is 0 Å². The topological polar surface area (TPSA) is 27.1 Å². The van der Waals surface area contributed by atoms with E-state index in [0.717, 1.165) is 6.42 Å². The Balaban J connectivity index is 1.62. The molecule has 2 aromatic heterocycles. The maximum atomic E-state index is 7.10. The molecule has 4 rings (SSSR count). The van der Waals surface area contributed by atoms with Gasteiger partial charge in [-0.3, -0.25) is 0 Å². The molecule has 0 saturated heterocycles. The molecule has 2 aliphatic rings. The van der Waals surface area contributed by atoms with Crippen LogP contribution in [0.5, 0.6) is 0 Å². The lowest BCUT2D eigenvalue weighted by atomic mass is 9.82. The average molecular weight is 403 g/mol. The van der Waals surface area contributed by atoms with Crippen LogP contribution in [-0.4, -0.2) is 24.0 Å². The van der Waals surface area contributed by atoms with Crippen LogP contribution >= 0.6 is 11.3 Å². The molecule has 0 radical (unpaired) electrons. The Morgan fingerprint density at radius 3 is 2.67 bits per heavy atom. The predicted molar refractivity (Wildman–Crippen MR) is 117 cm³/mol. The van der Waals surface area contributed by atoms with Crippen molar-refractivity contribution < 1.29 is 4.43 Å². The fourth-order valence-electron chi connectivity index (χ4n) is 4.54. The molecule has 148 valence electrons. The van der Waals surface area contributed by atoms with Crippen molar-refractivity contribution in [3.8, 4) is 11.3 Å². The monoisotopic (exact) mass is 402 g/mol. The van der Waals surface area contributed by atoms with Crippen LogP contribution in [0.2, 0.25) is 18.1 Å². The minimum Gasteiger partial charge on any atom is -0.414 e. The molecule has 3 nitrogen and oxygen atoms in total. The summed E-state index contributed by atoms with van der Waals surface area (Å²) in [5.74, 6) is 0.711. The predicted octanol–water partition coefficient (Wildman–Crippen LogP) is 6.88. The first kappa shape index (κ1) is 19.4. The fourth-order valence-corrected chi connectivity index (χ4v) is 6.83. The number of nitrogens with zero attached hydrogens (tertiary/aromatic N) is 2. The molecule has 0 aromatic carbocycles. The molecule has 0 spiro atoms. The smallest absolute Gasteiger partial charge is 0.192 e. The van der Waals surface area contributed by atoms with Crippen LogP contribution in [0.15, 0.2) is 23.3 Å². The molecule has 1 saturated carbocycles. The quantitative estimate of drug-likeness (QED) is 0.510. The van der Waals surface area contributed by atoms with Crippen molar-refractivity contribution in [2.75, 3.05) is 0 Å². The highest BCUT2D eigenvalue weighted by atomic mass is 32.1. The number of fused-ring (bicyclic) bond motifs is 3. The van der Waals surface area contributed by atoms with E-state index in [2.05, 4.69) is 54.2 Å².